The Balaban J connectivity index is 2.39. The summed E-state index contributed by atoms with van der Waals surface area (Å²) in [6.07, 6.45) is 0. The first kappa shape index (κ1) is 11.3. The molecule has 0 atom stereocenters. The molecule has 0 fully saturated rings. The fourth-order valence-electron chi connectivity index (χ4n) is 2.03. The van der Waals surface area contributed by atoms with Gasteiger partial charge in [-0.1, -0.05) is 12.1 Å². The second-order valence-electron chi connectivity index (χ2n) is 5.07. The molecule has 0 spiro atoms. The lowest BCUT2D eigenvalue weighted by Crippen LogP contribution is -2.44. The highest BCUT2D eigenvalue weighted by atomic mass is 16.5. The van der Waals surface area contributed by atoms with E-state index in [0.29, 0.717) is 6.73 Å². The summed E-state index contributed by atoms with van der Waals surface area (Å²) in [6, 6.07) is 8.40. The molecule has 1 aromatic carbocycles. The van der Waals surface area contributed by atoms with E-state index >= 15 is 0 Å². The molecule has 0 radical (unpaired) electrons. The van der Waals surface area contributed by atoms with Crippen molar-refractivity contribution in [2.45, 2.75) is 26.3 Å². The minimum Gasteiger partial charge on any atom is -0.363 e. The van der Waals surface area contributed by atoms with Gasteiger partial charge in [0.05, 0.1) is 18.0 Å². The van der Waals surface area contributed by atoms with E-state index in [1.165, 1.54) is 5.69 Å². The summed E-state index contributed by atoms with van der Waals surface area (Å²) in [5.41, 5.74) is 2.52. The van der Waals surface area contributed by atoms with Gasteiger partial charge in [-0.2, -0.15) is 0 Å². The molecular formula is C13H20N2O. The van der Waals surface area contributed by atoms with Crippen LogP contribution in [0, 0.1) is 0 Å². The second kappa shape index (κ2) is 4.34. The maximum absolute atomic E-state index is 5.50. The highest BCUT2D eigenvalue weighted by molar-refractivity contribution is 5.71. The first-order chi connectivity index (χ1) is 7.59. The zero-order chi connectivity index (χ0) is 11.6. The van der Waals surface area contributed by atoms with E-state index in [9.17, 15) is 0 Å². The van der Waals surface area contributed by atoms with E-state index in [1.54, 1.807) is 0 Å². The van der Waals surface area contributed by atoms with Gasteiger partial charge in [-0.05, 0) is 32.9 Å². The van der Waals surface area contributed by atoms with E-state index in [0.717, 1.165) is 18.8 Å². The number of fused-ring (bicyclic) bond motifs is 1. The van der Waals surface area contributed by atoms with Gasteiger partial charge in [-0.3, -0.25) is 0 Å². The fourth-order valence-corrected chi connectivity index (χ4v) is 2.03. The largest absolute Gasteiger partial charge is 0.363 e. The zero-order valence-corrected chi connectivity index (χ0v) is 10.3. The molecule has 0 aliphatic carbocycles. The third-order valence-electron chi connectivity index (χ3n) is 2.83. The van der Waals surface area contributed by atoms with Gasteiger partial charge in [0.15, 0.2) is 0 Å². The van der Waals surface area contributed by atoms with Crippen molar-refractivity contribution in [3.8, 4) is 0 Å². The van der Waals surface area contributed by atoms with Crippen LogP contribution >= 0.6 is 0 Å². The van der Waals surface area contributed by atoms with Gasteiger partial charge >= 0.3 is 0 Å². The summed E-state index contributed by atoms with van der Waals surface area (Å²) in [6.45, 7) is 8.97. The zero-order valence-electron chi connectivity index (χ0n) is 10.3. The van der Waals surface area contributed by atoms with Crippen molar-refractivity contribution in [1.29, 1.82) is 0 Å². The summed E-state index contributed by atoms with van der Waals surface area (Å²) in [7, 11) is 0. The lowest BCUT2D eigenvalue weighted by molar-refractivity contribution is 0.153. The molecule has 1 aliphatic heterocycles. The van der Waals surface area contributed by atoms with Crippen LogP contribution in [-0.4, -0.2) is 25.4 Å². The lowest BCUT2D eigenvalue weighted by Gasteiger charge is -2.40. The van der Waals surface area contributed by atoms with Gasteiger partial charge < -0.3 is 15.0 Å². The van der Waals surface area contributed by atoms with Gasteiger partial charge in [0.1, 0.15) is 6.73 Å². The van der Waals surface area contributed by atoms with E-state index in [4.69, 9.17) is 4.74 Å². The van der Waals surface area contributed by atoms with E-state index in [2.05, 4.69) is 49.2 Å². The quantitative estimate of drug-likeness (QED) is 0.727. The van der Waals surface area contributed by atoms with Crippen LogP contribution < -0.4 is 10.2 Å². The minimum atomic E-state index is 0.110. The number of nitrogens with one attached hydrogen (secondary N) is 1. The minimum absolute atomic E-state index is 0.110. The molecular weight excluding hydrogens is 200 g/mol. The van der Waals surface area contributed by atoms with Crippen LogP contribution in [0.25, 0.3) is 0 Å². The van der Waals surface area contributed by atoms with E-state index in [-0.39, 0.29) is 5.54 Å². The van der Waals surface area contributed by atoms with Crippen molar-refractivity contribution in [1.82, 2.24) is 0 Å². The number of rotatable bonds is 0. The normalized spacial score (nSPS) is 17.1. The topological polar surface area (TPSA) is 24.5 Å². The number of hydrogen-bond acceptors (Lipinski definition) is 3. The van der Waals surface area contributed by atoms with Gasteiger partial charge in [0.2, 0.25) is 0 Å². The van der Waals surface area contributed by atoms with Crippen LogP contribution in [0.2, 0.25) is 0 Å². The molecule has 16 heavy (non-hydrogen) atoms. The predicted molar refractivity (Wildman–Crippen MR) is 68.0 cm³/mol. The third-order valence-corrected chi connectivity index (χ3v) is 2.83. The smallest absolute Gasteiger partial charge is 0.116 e. The molecule has 2 rings (SSSR count). The number of hydrogen-bond donors (Lipinski definition) is 1. The average Bonchev–Trinajstić information content (AvgIpc) is 2.17. The summed E-state index contributed by atoms with van der Waals surface area (Å²) >= 11 is 0. The van der Waals surface area contributed by atoms with Gasteiger partial charge in [0.25, 0.3) is 0 Å². The molecule has 1 aromatic rings. The Morgan fingerprint density at radius 1 is 1.25 bits per heavy atom. The molecule has 0 aromatic heterocycles. The SMILES string of the molecule is CC(C)(C)N1CCOCNc2ccccc21. The van der Waals surface area contributed by atoms with Crippen LogP contribution in [0.3, 0.4) is 0 Å². The van der Waals surface area contributed by atoms with Crippen molar-refractivity contribution >= 4 is 11.4 Å². The van der Waals surface area contributed by atoms with Crippen LogP contribution in [-0.2, 0) is 4.74 Å². The number of ether oxygens (including phenoxy) is 1. The second-order valence-corrected chi connectivity index (χ2v) is 5.07. The molecule has 0 saturated heterocycles. The first-order valence-electron chi connectivity index (χ1n) is 5.77. The number of benzene rings is 1. The summed E-state index contributed by atoms with van der Waals surface area (Å²) in [5, 5.41) is 3.30. The summed E-state index contributed by atoms with van der Waals surface area (Å²) in [4.78, 5) is 2.38. The monoisotopic (exact) mass is 220 g/mol. The van der Waals surface area contributed by atoms with E-state index in [1.807, 2.05) is 6.07 Å². The van der Waals surface area contributed by atoms with Crippen molar-refractivity contribution < 1.29 is 4.74 Å². The Hall–Kier alpha value is -1.22. The van der Waals surface area contributed by atoms with Crippen molar-refractivity contribution in [2.24, 2.45) is 0 Å². The van der Waals surface area contributed by atoms with Crippen LogP contribution in [0.4, 0.5) is 11.4 Å². The summed E-state index contributed by atoms with van der Waals surface area (Å²) < 4.78 is 5.50. The first-order valence-corrected chi connectivity index (χ1v) is 5.77. The molecule has 3 heteroatoms. The Kier molecular flexibility index (Phi) is 3.06. The van der Waals surface area contributed by atoms with Gasteiger partial charge in [0, 0.05) is 12.1 Å². The maximum Gasteiger partial charge on any atom is 0.116 e. The van der Waals surface area contributed by atoms with Crippen molar-refractivity contribution in [3.63, 3.8) is 0 Å². The standard InChI is InChI=1S/C13H20N2O/c1-13(2,3)15-8-9-16-10-14-11-6-4-5-7-12(11)15/h4-7,14H,8-10H2,1-3H3. The molecule has 1 heterocycles. The van der Waals surface area contributed by atoms with Crippen molar-refractivity contribution in [2.75, 3.05) is 30.1 Å². The maximum atomic E-state index is 5.50. The van der Waals surface area contributed by atoms with Gasteiger partial charge in [-0.15, -0.1) is 0 Å². The number of para-hydroxylation sites is 2. The van der Waals surface area contributed by atoms with Gasteiger partial charge in [-0.25, -0.2) is 0 Å². The van der Waals surface area contributed by atoms with Crippen molar-refractivity contribution in [3.05, 3.63) is 24.3 Å². The molecule has 0 unspecified atom stereocenters. The van der Waals surface area contributed by atoms with Crippen LogP contribution in [0.1, 0.15) is 20.8 Å². The van der Waals surface area contributed by atoms with Crippen LogP contribution in [0.5, 0.6) is 0 Å². The highest BCUT2D eigenvalue weighted by Gasteiger charge is 2.24. The predicted octanol–water partition coefficient (Wildman–Crippen LogP) is 2.69. The third kappa shape index (κ3) is 2.30. The molecule has 1 aliphatic rings. The molecule has 0 bridgehead atoms. The van der Waals surface area contributed by atoms with E-state index < -0.39 is 0 Å². The number of nitrogens with zero attached hydrogens (tertiary/aromatic N) is 1. The highest BCUT2D eigenvalue weighted by Crippen LogP contribution is 2.31. The van der Waals surface area contributed by atoms with Crippen LogP contribution in [0.15, 0.2) is 24.3 Å². The average molecular weight is 220 g/mol. The molecule has 0 saturated carbocycles. The Bertz CT molecular complexity index is 357. The Morgan fingerprint density at radius 2 is 2.00 bits per heavy atom. The fraction of sp³-hybridized carbons (Fsp3) is 0.538. The Morgan fingerprint density at radius 3 is 2.75 bits per heavy atom. The summed E-state index contributed by atoms with van der Waals surface area (Å²) in [5.74, 6) is 0. The molecule has 88 valence electrons. The molecule has 0 amide bonds. The lowest BCUT2D eigenvalue weighted by atomic mass is 10.0. The molecule has 3 nitrogen and oxygen atoms in total. The number of anilines is 2. The molecule has 1 N–H and O–H groups in total. The Labute approximate surface area is 97.4 Å².